The minimum absolute atomic E-state index is 0.405. The summed E-state index contributed by atoms with van der Waals surface area (Å²) in [5.41, 5.74) is 0. The van der Waals surface area contributed by atoms with Gasteiger partial charge in [-0.05, 0) is 12.8 Å². The second kappa shape index (κ2) is 3.89. The molecule has 1 unspecified atom stereocenters. The van der Waals surface area contributed by atoms with Gasteiger partial charge in [0, 0.05) is 13.1 Å². The number of nitrogens with zero attached hydrogens (tertiary/aromatic N) is 2. The zero-order chi connectivity index (χ0) is 9.10. The van der Waals surface area contributed by atoms with Crippen LogP contribution in [0.25, 0.3) is 0 Å². The summed E-state index contributed by atoms with van der Waals surface area (Å²) in [6.07, 6.45) is 5.95. The molecule has 0 aliphatic carbocycles. The maximum atomic E-state index is 9.80. The standard InChI is InChI=1S/C9H14N2O2/c12-9(8-10-4-7-13-8)11-5-2-1-3-6-11/h4,7,9,12H,1-3,5-6H2. The highest BCUT2D eigenvalue weighted by Crippen LogP contribution is 2.20. The topological polar surface area (TPSA) is 49.5 Å². The number of aromatic nitrogens is 1. The van der Waals surface area contributed by atoms with Gasteiger partial charge in [-0.25, -0.2) is 4.98 Å². The first-order valence-electron chi connectivity index (χ1n) is 4.69. The van der Waals surface area contributed by atoms with Crippen LogP contribution in [0, 0.1) is 0 Å². The van der Waals surface area contributed by atoms with Gasteiger partial charge >= 0.3 is 0 Å². The maximum Gasteiger partial charge on any atom is 0.238 e. The lowest BCUT2D eigenvalue weighted by atomic mass is 10.1. The van der Waals surface area contributed by atoms with Gasteiger partial charge in [0.1, 0.15) is 6.26 Å². The van der Waals surface area contributed by atoms with Crippen molar-refractivity contribution in [3.63, 3.8) is 0 Å². The molecule has 1 fully saturated rings. The molecule has 1 saturated heterocycles. The molecule has 4 nitrogen and oxygen atoms in total. The summed E-state index contributed by atoms with van der Waals surface area (Å²) in [7, 11) is 0. The second-order valence-electron chi connectivity index (χ2n) is 3.34. The van der Waals surface area contributed by atoms with Crippen molar-refractivity contribution in [3.8, 4) is 0 Å². The first kappa shape index (κ1) is 8.72. The summed E-state index contributed by atoms with van der Waals surface area (Å²) in [5.74, 6) is 0.405. The summed E-state index contributed by atoms with van der Waals surface area (Å²) in [6, 6.07) is 0. The van der Waals surface area contributed by atoms with Crippen LogP contribution in [0.4, 0.5) is 0 Å². The smallest absolute Gasteiger partial charge is 0.238 e. The molecule has 0 bridgehead atoms. The lowest BCUT2D eigenvalue weighted by molar-refractivity contribution is -0.0281. The molecule has 2 heterocycles. The first-order valence-corrected chi connectivity index (χ1v) is 4.69. The molecule has 2 rings (SSSR count). The van der Waals surface area contributed by atoms with Crippen LogP contribution >= 0.6 is 0 Å². The summed E-state index contributed by atoms with van der Waals surface area (Å²) in [4.78, 5) is 5.93. The molecule has 1 N–H and O–H groups in total. The molecule has 0 radical (unpaired) electrons. The molecule has 1 aliphatic heterocycles. The Hall–Kier alpha value is -0.870. The van der Waals surface area contributed by atoms with Crippen LogP contribution in [0.3, 0.4) is 0 Å². The van der Waals surface area contributed by atoms with Crippen molar-refractivity contribution in [2.24, 2.45) is 0 Å². The van der Waals surface area contributed by atoms with E-state index >= 15 is 0 Å². The minimum atomic E-state index is -0.657. The number of piperidine rings is 1. The number of aliphatic hydroxyl groups is 1. The molecule has 13 heavy (non-hydrogen) atoms. The molecular formula is C9H14N2O2. The number of hydrogen-bond acceptors (Lipinski definition) is 4. The van der Waals surface area contributed by atoms with Crippen LogP contribution < -0.4 is 0 Å². The Kier molecular flexibility index (Phi) is 2.61. The van der Waals surface area contributed by atoms with E-state index in [4.69, 9.17) is 4.42 Å². The number of rotatable bonds is 2. The first-order chi connectivity index (χ1) is 6.38. The van der Waals surface area contributed by atoms with E-state index in [0.29, 0.717) is 5.89 Å². The zero-order valence-electron chi connectivity index (χ0n) is 7.52. The lowest BCUT2D eigenvalue weighted by Gasteiger charge is -2.29. The van der Waals surface area contributed by atoms with E-state index in [9.17, 15) is 5.11 Å². The molecule has 1 atom stereocenters. The average molecular weight is 182 g/mol. The highest BCUT2D eigenvalue weighted by Gasteiger charge is 2.22. The normalized spacial score (nSPS) is 21.6. The largest absolute Gasteiger partial charge is 0.445 e. The van der Waals surface area contributed by atoms with Gasteiger partial charge in [0.2, 0.25) is 5.89 Å². The molecule has 1 aliphatic rings. The van der Waals surface area contributed by atoms with E-state index in [0.717, 1.165) is 25.9 Å². The molecule has 0 aromatic carbocycles. The lowest BCUT2D eigenvalue weighted by Crippen LogP contribution is -2.33. The number of aliphatic hydroxyl groups excluding tert-OH is 1. The van der Waals surface area contributed by atoms with Crippen molar-refractivity contribution >= 4 is 0 Å². The van der Waals surface area contributed by atoms with Gasteiger partial charge < -0.3 is 9.52 Å². The Bertz CT molecular complexity index is 242. The van der Waals surface area contributed by atoms with Crippen molar-refractivity contribution in [1.29, 1.82) is 0 Å². The predicted octanol–water partition coefficient (Wildman–Crippen LogP) is 1.15. The molecule has 1 aromatic heterocycles. The van der Waals surface area contributed by atoms with Gasteiger partial charge in [-0.15, -0.1) is 0 Å². The maximum absolute atomic E-state index is 9.80. The summed E-state index contributed by atoms with van der Waals surface area (Å²) in [6.45, 7) is 1.87. The van der Waals surface area contributed by atoms with Gasteiger partial charge in [-0.3, -0.25) is 4.90 Å². The van der Waals surface area contributed by atoms with E-state index in [2.05, 4.69) is 4.98 Å². The Morgan fingerprint density at radius 3 is 2.77 bits per heavy atom. The minimum Gasteiger partial charge on any atom is -0.445 e. The molecule has 1 aromatic rings. The molecular weight excluding hydrogens is 168 g/mol. The fourth-order valence-electron chi connectivity index (χ4n) is 1.68. The summed E-state index contributed by atoms with van der Waals surface area (Å²) < 4.78 is 5.05. The van der Waals surface area contributed by atoms with Crippen LogP contribution in [0.1, 0.15) is 31.4 Å². The highest BCUT2D eigenvalue weighted by atomic mass is 16.4. The molecule has 0 amide bonds. The second-order valence-corrected chi connectivity index (χ2v) is 3.34. The van der Waals surface area contributed by atoms with Gasteiger partial charge in [-0.2, -0.15) is 0 Å². The number of hydrogen-bond donors (Lipinski definition) is 1. The third-order valence-electron chi connectivity index (χ3n) is 2.41. The van der Waals surface area contributed by atoms with Crippen molar-refractivity contribution in [1.82, 2.24) is 9.88 Å². The van der Waals surface area contributed by atoms with Crippen LogP contribution in [-0.2, 0) is 0 Å². The van der Waals surface area contributed by atoms with Gasteiger partial charge in [-0.1, -0.05) is 6.42 Å². The molecule has 0 saturated carbocycles. The van der Waals surface area contributed by atoms with Gasteiger partial charge in [0.15, 0.2) is 6.23 Å². The van der Waals surface area contributed by atoms with Crippen molar-refractivity contribution in [2.75, 3.05) is 13.1 Å². The fourth-order valence-corrected chi connectivity index (χ4v) is 1.68. The Balaban J connectivity index is 1.99. The Morgan fingerprint density at radius 2 is 2.15 bits per heavy atom. The monoisotopic (exact) mass is 182 g/mol. The molecule has 4 heteroatoms. The summed E-state index contributed by atoms with van der Waals surface area (Å²) >= 11 is 0. The van der Waals surface area contributed by atoms with Crippen LogP contribution in [0.5, 0.6) is 0 Å². The van der Waals surface area contributed by atoms with Crippen molar-refractivity contribution in [3.05, 3.63) is 18.4 Å². The molecule has 72 valence electrons. The van der Waals surface area contributed by atoms with E-state index in [-0.39, 0.29) is 0 Å². The Morgan fingerprint density at radius 1 is 1.38 bits per heavy atom. The fraction of sp³-hybridized carbons (Fsp3) is 0.667. The SMILES string of the molecule is OC(c1ncco1)N1CCCCC1. The highest BCUT2D eigenvalue weighted by molar-refractivity contribution is 4.86. The average Bonchev–Trinajstić information content (AvgIpc) is 2.71. The van der Waals surface area contributed by atoms with Crippen LogP contribution in [0.2, 0.25) is 0 Å². The van der Waals surface area contributed by atoms with Gasteiger partial charge in [0.25, 0.3) is 0 Å². The number of oxazole rings is 1. The van der Waals surface area contributed by atoms with Crippen LogP contribution in [0.15, 0.2) is 16.9 Å². The third-order valence-corrected chi connectivity index (χ3v) is 2.41. The van der Waals surface area contributed by atoms with E-state index in [1.54, 1.807) is 6.20 Å². The quantitative estimate of drug-likeness (QED) is 0.745. The molecule has 0 spiro atoms. The predicted molar refractivity (Wildman–Crippen MR) is 46.9 cm³/mol. The van der Waals surface area contributed by atoms with Crippen molar-refractivity contribution in [2.45, 2.75) is 25.5 Å². The Labute approximate surface area is 77.2 Å². The van der Waals surface area contributed by atoms with Crippen LogP contribution in [-0.4, -0.2) is 28.1 Å². The van der Waals surface area contributed by atoms with E-state index in [1.807, 2.05) is 4.90 Å². The van der Waals surface area contributed by atoms with E-state index < -0.39 is 6.23 Å². The van der Waals surface area contributed by atoms with E-state index in [1.165, 1.54) is 12.7 Å². The number of likely N-dealkylation sites (tertiary alicyclic amines) is 1. The third kappa shape index (κ3) is 1.89. The van der Waals surface area contributed by atoms with Gasteiger partial charge in [0.05, 0.1) is 6.20 Å². The zero-order valence-corrected chi connectivity index (χ0v) is 7.52. The van der Waals surface area contributed by atoms with Crippen molar-refractivity contribution < 1.29 is 9.52 Å². The summed E-state index contributed by atoms with van der Waals surface area (Å²) in [5, 5.41) is 9.80.